The highest BCUT2D eigenvalue weighted by Gasteiger charge is 2.26. The maximum absolute atomic E-state index is 12.9. The van der Waals surface area contributed by atoms with Crippen LogP contribution in [-0.2, 0) is 11.3 Å². The van der Waals surface area contributed by atoms with E-state index in [-0.39, 0.29) is 30.0 Å². The van der Waals surface area contributed by atoms with E-state index in [9.17, 15) is 9.59 Å². The topological polar surface area (TPSA) is 85.5 Å². The number of esters is 1. The van der Waals surface area contributed by atoms with Crippen LogP contribution in [0.4, 0.5) is 0 Å². The lowest BCUT2D eigenvalue weighted by molar-refractivity contribution is 0.0423. The molecular formula is C19H23N3O4. The minimum atomic E-state index is -0.582. The van der Waals surface area contributed by atoms with Gasteiger partial charge in [-0.05, 0) is 31.9 Å². The highest BCUT2D eigenvalue weighted by molar-refractivity contribution is 6.05. The Balaban J connectivity index is 1.72. The van der Waals surface area contributed by atoms with E-state index in [1.54, 1.807) is 36.1 Å². The van der Waals surface area contributed by atoms with Crippen molar-refractivity contribution in [3.63, 3.8) is 0 Å². The van der Waals surface area contributed by atoms with E-state index in [2.05, 4.69) is 10.1 Å². The van der Waals surface area contributed by atoms with Crippen molar-refractivity contribution in [2.45, 2.75) is 51.7 Å². The van der Waals surface area contributed by atoms with E-state index in [0.29, 0.717) is 11.4 Å². The average molecular weight is 357 g/mol. The van der Waals surface area contributed by atoms with Gasteiger partial charge in [0.1, 0.15) is 0 Å². The van der Waals surface area contributed by atoms with Crippen LogP contribution in [0, 0.1) is 6.92 Å². The Morgan fingerprint density at radius 2 is 1.88 bits per heavy atom. The van der Waals surface area contributed by atoms with Crippen molar-refractivity contribution in [3.8, 4) is 0 Å². The zero-order chi connectivity index (χ0) is 18.5. The lowest BCUT2D eigenvalue weighted by atomic mass is 9.94. The summed E-state index contributed by atoms with van der Waals surface area (Å²) in [5, 5.41) is 3.65. The summed E-state index contributed by atoms with van der Waals surface area (Å²) in [4.78, 5) is 31.1. The third-order valence-electron chi connectivity index (χ3n) is 4.72. The molecule has 0 bridgehead atoms. The van der Waals surface area contributed by atoms with Gasteiger partial charge in [0, 0.05) is 13.1 Å². The van der Waals surface area contributed by atoms with Crippen LogP contribution < -0.4 is 0 Å². The molecule has 0 N–H and O–H groups in total. The van der Waals surface area contributed by atoms with Gasteiger partial charge in [-0.2, -0.15) is 4.98 Å². The first kappa shape index (κ1) is 18.1. The van der Waals surface area contributed by atoms with Crippen molar-refractivity contribution in [2.75, 3.05) is 7.05 Å². The summed E-state index contributed by atoms with van der Waals surface area (Å²) in [7, 11) is 1.81. The molecule has 2 aromatic rings. The number of aryl methyl sites for hydroxylation is 1. The molecule has 0 atom stereocenters. The van der Waals surface area contributed by atoms with Gasteiger partial charge in [-0.1, -0.05) is 36.6 Å². The molecule has 138 valence electrons. The molecule has 26 heavy (non-hydrogen) atoms. The van der Waals surface area contributed by atoms with Gasteiger partial charge in [0.2, 0.25) is 0 Å². The van der Waals surface area contributed by atoms with Gasteiger partial charge in [0.25, 0.3) is 11.8 Å². The van der Waals surface area contributed by atoms with Gasteiger partial charge in [-0.25, -0.2) is 4.79 Å². The van der Waals surface area contributed by atoms with E-state index < -0.39 is 5.97 Å². The third-order valence-corrected chi connectivity index (χ3v) is 4.72. The molecule has 1 aliphatic carbocycles. The number of carbonyl (C=O) groups is 2. The molecule has 1 amide bonds. The zero-order valence-corrected chi connectivity index (χ0v) is 15.1. The van der Waals surface area contributed by atoms with Crippen molar-refractivity contribution in [3.05, 3.63) is 47.1 Å². The van der Waals surface area contributed by atoms with Crippen LogP contribution in [-0.4, -0.2) is 40.0 Å². The highest BCUT2D eigenvalue weighted by Crippen LogP contribution is 2.24. The summed E-state index contributed by atoms with van der Waals surface area (Å²) in [6.45, 7) is 1.56. The summed E-state index contributed by atoms with van der Waals surface area (Å²) in [5.74, 6) is -0.0420. The average Bonchev–Trinajstić information content (AvgIpc) is 3.11. The SMILES string of the molecule is Cc1noc(COC(=O)c2ccccc2C(=O)N(C)C2CCCCC2)n1. The standard InChI is InChI=1S/C19H23N3O4/c1-13-20-17(26-21-13)12-25-19(24)16-11-7-6-10-15(16)18(23)22(2)14-8-4-3-5-9-14/h6-7,10-11,14H,3-5,8-9,12H2,1-2H3. The summed E-state index contributed by atoms with van der Waals surface area (Å²) in [6.07, 6.45) is 5.50. The van der Waals surface area contributed by atoms with E-state index in [4.69, 9.17) is 9.26 Å². The first-order chi connectivity index (χ1) is 12.6. The highest BCUT2D eigenvalue weighted by atomic mass is 16.6. The predicted octanol–water partition coefficient (Wildman–Crippen LogP) is 3.14. The number of hydrogen-bond donors (Lipinski definition) is 0. The first-order valence-corrected chi connectivity index (χ1v) is 8.88. The smallest absolute Gasteiger partial charge is 0.339 e. The maximum atomic E-state index is 12.9. The van der Waals surface area contributed by atoms with E-state index in [0.717, 1.165) is 25.7 Å². The molecule has 1 aliphatic rings. The Bertz CT molecular complexity index is 781. The van der Waals surface area contributed by atoms with Crippen molar-refractivity contribution in [1.29, 1.82) is 0 Å². The molecule has 7 heteroatoms. The van der Waals surface area contributed by atoms with Gasteiger partial charge in [0.15, 0.2) is 12.4 Å². The maximum Gasteiger partial charge on any atom is 0.339 e. The largest absolute Gasteiger partial charge is 0.452 e. The van der Waals surface area contributed by atoms with Gasteiger partial charge >= 0.3 is 5.97 Å². The zero-order valence-electron chi connectivity index (χ0n) is 15.1. The molecule has 0 spiro atoms. The minimum Gasteiger partial charge on any atom is -0.452 e. The molecule has 1 aromatic carbocycles. The van der Waals surface area contributed by atoms with Crippen molar-refractivity contribution < 1.29 is 18.8 Å². The second kappa shape index (κ2) is 8.12. The summed E-state index contributed by atoms with van der Waals surface area (Å²) in [6, 6.07) is 6.95. The van der Waals surface area contributed by atoms with Crippen LogP contribution in [0.25, 0.3) is 0 Å². The predicted molar refractivity (Wildman–Crippen MR) is 93.6 cm³/mol. The molecule has 1 aromatic heterocycles. The van der Waals surface area contributed by atoms with Crippen molar-refractivity contribution in [1.82, 2.24) is 15.0 Å². The Morgan fingerprint density at radius 1 is 1.19 bits per heavy atom. The summed E-state index contributed by atoms with van der Waals surface area (Å²) >= 11 is 0. The fraction of sp³-hybridized carbons (Fsp3) is 0.474. The lowest BCUT2D eigenvalue weighted by Crippen LogP contribution is -2.38. The summed E-state index contributed by atoms with van der Waals surface area (Å²) in [5.41, 5.74) is 0.601. The number of benzene rings is 1. The molecule has 7 nitrogen and oxygen atoms in total. The van der Waals surface area contributed by atoms with Gasteiger partial charge in [-0.3, -0.25) is 4.79 Å². The molecule has 0 radical (unpaired) electrons. The monoisotopic (exact) mass is 357 g/mol. The Morgan fingerprint density at radius 3 is 2.54 bits per heavy atom. The van der Waals surface area contributed by atoms with Gasteiger partial charge < -0.3 is 14.2 Å². The minimum absolute atomic E-state index is 0.124. The molecule has 1 heterocycles. The number of hydrogen-bond acceptors (Lipinski definition) is 6. The number of nitrogens with zero attached hydrogens (tertiary/aromatic N) is 3. The molecule has 0 aliphatic heterocycles. The van der Waals surface area contributed by atoms with Crippen LogP contribution in [0.3, 0.4) is 0 Å². The second-order valence-electron chi connectivity index (χ2n) is 6.56. The van der Waals surface area contributed by atoms with Crippen LogP contribution in [0.1, 0.15) is 64.5 Å². The van der Waals surface area contributed by atoms with Crippen LogP contribution >= 0.6 is 0 Å². The quantitative estimate of drug-likeness (QED) is 0.764. The second-order valence-corrected chi connectivity index (χ2v) is 6.56. The molecule has 3 rings (SSSR count). The molecule has 1 saturated carbocycles. The van der Waals surface area contributed by atoms with Crippen LogP contribution in [0.15, 0.2) is 28.8 Å². The normalized spacial score (nSPS) is 14.8. The fourth-order valence-electron chi connectivity index (χ4n) is 3.28. The third kappa shape index (κ3) is 4.09. The van der Waals surface area contributed by atoms with Crippen LogP contribution in [0.5, 0.6) is 0 Å². The molecule has 0 saturated heterocycles. The van der Waals surface area contributed by atoms with E-state index in [1.165, 1.54) is 6.42 Å². The Labute approximate surface area is 152 Å². The molecule has 0 unspecified atom stereocenters. The molecule has 1 fully saturated rings. The van der Waals surface area contributed by atoms with Gasteiger partial charge in [0.05, 0.1) is 11.1 Å². The summed E-state index contributed by atoms with van der Waals surface area (Å²) < 4.78 is 10.2. The van der Waals surface area contributed by atoms with Crippen LogP contribution in [0.2, 0.25) is 0 Å². The van der Waals surface area contributed by atoms with E-state index >= 15 is 0 Å². The number of aromatic nitrogens is 2. The first-order valence-electron chi connectivity index (χ1n) is 8.88. The fourth-order valence-corrected chi connectivity index (χ4v) is 3.28. The van der Waals surface area contributed by atoms with Crippen molar-refractivity contribution >= 4 is 11.9 Å². The lowest BCUT2D eigenvalue weighted by Gasteiger charge is -2.31. The number of ether oxygens (including phenoxy) is 1. The number of amides is 1. The Hall–Kier alpha value is -2.70. The number of carbonyl (C=O) groups excluding carboxylic acids is 2. The van der Waals surface area contributed by atoms with Gasteiger partial charge in [-0.15, -0.1) is 0 Å². The Kier molecular flexibility index (Phi) is 5.65. The molecular weight excluding hydrogens is 334 g/mol. The van der Waals surface area contributed by atoms with E-state index in [1.807, 2.05) is 7.05 Å². The number of rotatable bonds is 5. The van der Waals surface area contributed by atoms with Crippen molar-refractivity contribution in [2.24, 2.45) is 0 Å².